The zero-order valence-electron chi connectivity index (χ0n) is 14.9. The van der Waals surface area contributed by atoms with Gasteiger partial charge in [0.05, 0.1) is 21.7 Å². The predicted molar refractivity (Wildman–Crippen MR) is 105 cm³/mol. The molecule has 3 rings (SSSR count). The van der Waals surface area contributed by atoms with E-state index in [1.807, 2.05) is 24.3 Å². The molecule has 0 aliphatic carbocycles. The molecule has 0 saturated carbocycles. The highest BCUT2D eigenvalue weighted by molar-refractivity contribution is 7.89. The number of aromatic nitrogens is 1. The molecule has 0 spiro atoms. The number of amides is 1. The summed E-state index contributed by atoms with van der Waals surface area (Å²) < 4.78 is 32.8. The van der Waals surface area contributed by atoms with Crippen molar-refractivity contribution in [3.05, 3.63) is 53.0 Å². The minimum Gasteiger partial charge on any atom is -0.364 e. The van der Waals surface area contributed by atoms with E-state index in [1.165, 1.54) is 24.5 Å². The molecule has 1 amide bonds. The third-order valence-corrected chi connectivity index (χ3v) is 6.39. The average Bonchev–Trinajstić information content (AvgIpc) is 3.06. The highest BCUT2D eigenvalue weighted by Gasteiger charge is 2.16. The molecule has 0 atom stereocenters. The molecule has 2 N–H and O–H groups in total. The van der Waals surface area contributed by atoms with Crippen molar-refractivity contribution in [3.8, 4) is 0 Å². The van der Waals surface area contributed by atoms with E-state index >= 15 is 0 Å². The average molecular weight is 406 g/mol. The first-order valence-electron chi connectivity index (χ1n) is 8.15. The van der Waals surface area contributed by atoms with Crippen LogP contribution in [0.3, 0.4) is 0 Å². The lowest BCUT2D eigenvalue weighted by atomic mass is 10.2. The Hall–Kier alpha value is -2.33. The molecule has 0 aliphatic rings. The second-order valence-electron chi connectivity index (χ2n) is 5.80. The number of sulfonamides is 1. The van der Waals surface area contributed by atoms with Crippen LogP contribution in [0.25, 0.3) is 10.2 Å². The molecular weight excluding hydrogens is 386 g/mol. The van der Waals surface area contributed by atoms with Crippen LogP contribution in [0.5, 0.6) is 0 Å². The maximum absolute atomic E-state index is 12.1. The monoisotopic (exact) mass is 405 g/mol. The van der Waals surface area contributed by atoms with Gasteiger partial charge >= 0.3 is 0 Å². The van der Waals surface area contributed by atoms with E-state index in [0.717, 1.165) is 15.2 Å². The summed E-state index contributed by atoms with van der Waals surface area (Å²) in [5.41, 5.74) is 1.89. The zero-order chi connectivity index (χ0) is 19.4. The fourth-order valence-electron chi connectivity index (χ4n) is 2.49. The Kier molecular flexibility index (Phi) is 5.85. The van der Waals surface area contributed by atoms with Gasteiger partial charge in [0.1, 0.15) is 11.6 Å². The highest BCUT2D eigenvalue weighted by atomic mass is 32.2. The number of hydrogen-bond acceptors (Lipinski definition) is 6. The third-order valence-electron chi connectivity index (χ3n) is 3.83. The van der Waals surface area contributed by atoms with E-state index in [0.29, 0.717) is 11.3 Å². The molecule has 9 heteroatoms. The van der Waals surface area contributed by atoms with E-state index < -0.39 is 10.0 Å². The second kappa shape index (κ2) is 8.13. The van der Waals surface area contributed by atoms with Gasteiger partial charge in [-0.1, -0.05) is 18.2 Å². The van der Waals surface area contributed by atoms with Crippen molar-refractivity contribution in [1.82, 2.24) is 9.71 Å². The van der Waals surface area contributed by atoms with Crippen LogP contribution < -0.4 is 10.0 Å². The Bertz CT molecular complexity index is 1040. The van der Waals surface area contributed by atoms with Crippen molar-refractivity contribution in [2.45, 2.75) is 18.4 Å². The first kappa shape index (κ1) is 19.4. The van der Waals surface area contributed by atoms with Crippen LogP contribution in [0.1, 0.15) is 10.6 Å². The summed E-state index contributed by atoms with van der Waals surface area (Å²) >= 11 is 1.52. The van der Waals surface area contributed by atoms with E-state index in [2.05, 4.69) is 15.0 Å². The summed E-state index contributed by atoms with van der Waals surface area (Å²) in [4.78, 5) is 16.6. The number of rotatable bonds is 7. The largest absolute Gasteiger partial charge is 0.364 e. The highest BCUT2D eigenvalue weighted by Crippen LogP contribution is 2.22. The number of aryl methyl sites for hydroxylation is 1. The molecule has 0 aliphatic heterocycles. The van der Waals surface area contributed by atoms with Gasteiger partial charge in [-0.05, 0) is 43.8 Å². The van der Waals surface area contributed by atoms with Crippen molar-refractivity contribution in [3.63, 3.8) is 0 Å². The van der Waals surface area contributed by atoms with Gasteiger partial charge in [-0.25, -0.2) is 18.1 Å². The van der Waals surface area contributed by atoms with Gasteiger partial charge < -0.3 is 10.1 Å². The third kappa shape index (κ3) is 4.69. The number of ether oxygens (including phenoxy) is 1. The molecule has 7 nitrogen and oxygen atoms in total. The van der Waals surface area contributed by atoms with Crippen molar-refractivity contribution < 1.29 is 17.9 Å². The Balaban J connectivity index is 1.58. The van der Waals surface area contributed by atoms with E-state index in [9.17, 15) is 13.2 Å². The molecule has 27 heavy (non-hydrogen) atoms. The second-order valence-corrected chi connectivity index (χ2v) is 8.77. The number of benzene rings is 2. The van der Waals surface area contributed by atoms with Gasteiger partial charge in [0, 0.05) is 5.69 Å². The van der Waals surface area contributed by atoms with Crippen molar-refractivity contribution in [2.24, 2.45) is 0 Å². The van der Waals surface area contributed by atoms with Gasteiger partial charge in [-0.15, -0.1) is 11.3 Å². The van der Waals surface area contributed by atoms with E-state index in [-0.39, 0.29) is 24.0 Å². The van der Waals surface area contributed by atoms with Gasteiger partial charge in [-0.3, -0.25) is 4.79 Å². The quantitative estimate of drug-likeness (QED) is 0.630. The van der Waals surface area contributed by atoms with Crippen molar-refractivity contribution in [1.29, 1.82) is 0 Å². The first-order valence-corrected chi connectivity index (χ1v) is 10.5. The number of nitrogens with one attached hydrogen (secondary N) is 2. The normalized spacial score (nSPS) is 11.6. The molecule has 0 unspecified atom stereocenters. The lowest BCUT2D eigenvalue weighted by Gasteiger charge is -2.10. The molecule has 1 heterocycles. The van der Waals surface area contributed by atoms with Crippen LogP contribution in [-0.2, 0) is 26.2 Å². The summed E-state index contributed by atoms with van der Waals surface area (Å²) in [6, 6.07) is 12.5. The van der Waals surface area contributed by atoms with Gasteiger partial charge in [-0.2, -0.15) is 0 Å². The number of fused-ring (bicyclic) bond motifs is 1. The topological polar surface area (TPSA) is 97.4 Å². The zero-order valence-corrected chi connectivity index (χ0v) is 16.5. The number of carbonyl (C=O) groups excluding carboxylic acids is 1. The fraction of sp³-hybridized carbons (Fsp3) is 0.222. The van der Waals surface area contributed by atoms with Gasteiger partial charge in [0.25, 0.3) is 0 Å². The molecule has 0 fully saturated rings. The standard InChI is InChI=1S/C18H19N3O4S2/c1-12-7-8-13(9-16(12)27(23,24)19-2)20-17(22)10-25-11-18-21-14-5-3-4-6-15(14)26-18/h3-9,19H,10-11H2,1-2H3,(H,20,22). The number of para-hydroxylation sites is 1. The SMILES string of the molecule is CNS(=O)(=O)c1cc(NC(=O)COCc2nc3ccccc3s2)ccc1C. The summed E-state index contributed by atoms with van der Waals surface area (Å²) in [7, 11) is -2.25. The molecule has 3 aromatic rings. The molecule has 142 valence electrons. The molecule has 1 aromatic heterocycles. The van der Waals surface area contributed by atoms with E-state index in [4.69, 9.17) is 4.74 Å². The summed E-state index contributed by atoms with van der Waals surface area (Å²) in [5.74, 6) is -0.368. The smallest absolute Gasteiger partial charge is 0.250 e. The predicted octanol–water partition coefficient (Wildman–Crippen LogP) is 2.67. The Morgan fingerprint density at radius 2 is 2.00 bits per heavy atom. The summed E-state index contributed by atoms with van der Waals surface area (Å²) in [5, 5.41) is 3.44. The molecular formula is C18H19N3O4S2. The Morgan fingerprint density at radius 1 is 1.22 bits per heavy atom. The number of carbonyl (C=O) groups is 1. The summed E-state index contributed by atoms with van der Waals surface area (Å²) in [6.07, 6.45) is 0. The fourth-order valence-corrected chi connectivity index (χ4v) is 4.39. The van der Waals surface area contributed by atoms with Crippen LogP contribution in [0.15, 0.2) is 47.4 Å². The van der Waals surface area contributed by atoms with Crippen LogP contribution in [0, 0.1) is 6.92 Å². The van der Waals surface area contributed by atoms with Crippen LogP contribution >= 0.6 is 11.3 Å². The van der Waals surface area contributed by atoms with Crippen molar-refractivity contribution >= 4 is 43.2 Å². The maximum atomic E-state index is 12.1. The van der Waals surface area contributed by atoms with Crippen LogP contribution in [0.4, 0.5) is 5.69 Å². The van der Waals surface area contributed by atoms with Gasteiger partial charge in [0.2, 0.25) is 15.9 Å². The maximum Gasteiger partial charge on any atom is 0.250 e. The molecule has 0 bridgehead atoms. The van der Waals surface area contributed by atoms with Gasteiger partial charge in [0.15, 0.2) is 0 Å². The first-order chi connectivity index (χ1) is 12.9. The number of nitrogens with zero attached hydrogens (tertiary/aromatic N) is 1. The molecule has 2 aromatic carbocycles. The summed E-state index contributed by atoms with van der Waals surface area (Å²) in [6.45, 7) is 1.77. The lowest BCUT2D eigenvalue weighted by molar-refractivity contribution is -0.121. The number of thiazole rings is 1. The number of hydrogen-bond donors (Lipinski definition) is 2. The minimum absolute atomic E-state index is 0.123. The minimum atomic E-state index is -3.59. The molecule has 0 saturated heterocycles. The Labute approximate surface area is 161 Å². The lowest BCUT2D eigenvalue weighted by Crippen LogP contribution is -2.21. The molecule has 0 radical (unpaired) electrons. The van der Waals surface area contributed by atoms with Crippen LogP contribution in [-0.4, -0.2) is 33.0 Å². The van der Waals surface area contributed by atoms with Crippen LogP contribution in [0.2, 0.25) is 0 Å². The Morgan fingerprint density at radius 3 is 2.74 bits per heavy atom. The van der Waals surface area contributed by atoms with Crippen molar-refractivity contribution in [2.75, 3.05) is 19.0 Å². The number of anilines is 1. The van der Waals surface area contributed by atoms with E-state index in [1.54, 1.807) is 19.1 Å².